The standard InChI is InChI=1S/C12H7F3N4OS/c13-12(14,15)10-17-11(19-18-10)16-9(20)8-5-6-3-1-2-4-7(6)21-8/h1-5H,(H2,16,17,18,19,20). The van der Waals surface area contributed by atoms with Gasteiger partial charge in [-0.3, -0.25) is 15.2 Å². The summed E-state index contributed by atoms with van der Waals surface area (Å²) in [6.45, 7) is 0. The highest BCUT2D eigenvalue weighted by molar-refractivity contribution is 7.20. The van der Waals surface area contributed by atoms with E-state index in [1.165, 1.54) is 11.3 Å². The van der Waals surface area contributed by atoms with Crippen molar-refractivity contribution in [1.82, 2.24) is 15.2 Å². The van der Waals surface area contributed by atoms with Crippen LogP contribution < -0.4 is 5.32 Å². The summed E-state index contributed by atoms with van der Waals surface area (Å²) < 4.78 is 38.0. The minimum Gasteiger partial charge on any atom is -0.288 e. The van der Waals surface area contributed by atoms with Crippen molar-refractivity contribution in [2.45, 2.75) is 6.18 Å². The van der Waals surface area contributed by atoms with Crippen LogP contribution in [0.5, 0.6) is 0 Å². The molecule has 0 radical (unpaired) electrons. The van der Waals surface area contributed by atoms with Gasteiger partial charge in [0.05, 0.1) is 4.88 Å². The van der Waals surface area contributed by atoms with E-state index in [0.29, 0.717) is 4.88 Å². The van der Waals surface area contributed by atoms with E-state index in [1.807, 2.05) is 24.3 Å². The number of hydrogen-bond acceptors (Lipinski definition) is 4. The topological polar surface area (TPSA) is 70.7 Å². The van der Waals surface area contributed by atoms with E-state index in [-0.39, 0.29) is 0 Å². The molecular formula is C12H7F3N4OS. The van der Waals surface area contributed by atoms with Crippen LogP contribution in [0, 0.1) is 0 Å². The van der Waals surface area contributed by atoms with Gasteiger partial charge in [-0.15, -0.1) is 16.4 Å². The second-order valence-electron chi connectivity index (χ2n) is 4.11. The van der Waals surface area contributed by atoms with E-state index in [1.54, 1.807) is 11.2 Å². The van der Waals surface area contributed by atoms with Crippen molar-refractivity contribution >= 4 is 33.3 Å². The van der Waals surface area contributed by atoms with Gasteiger partial charge in [-0.05, 0) is 17.5 Å². The molecule has 0 unspecified atom stereocenters. The van der Waals surface area contributed by atoms with Gasteiger partial charge in [0.1, 0.15) is 0 Å². The zero-order valence-electron chi connectivity index (χ0n) is 10.2. The van der Waals surface area contributed by atoms with E-state index < -0.39 is 23.9 Å². The molecule has 1 aromatic carbocycles. The summed E-state index contributed by atoms with van der Waals surface area (Å²) in [5.74, 6) is -2.22. The van der Waals surface area contributed by atoms with Crippen molar-refractivity contribution < 1.29 is 18.0 Å². The van der Waals surface area contributed by atoms with Gasteiger partial charge in [0.25, 0.3) is 5.91 Å². The number of hydrogen-bond donors (Lipinski definition) is 2. The molecule has 0 fully saturated rings. The first-order chi connectivity index (χ1) is 9.93. The van der Waals surface area contributed by atoms with E-state index in [4.69, 9.17) is 0 Å². The molecule has 2 heterocycles. The minimum absolute atomic E-state index is 0.370. The number of fused-ring (bicyclic) bond motifs is 1. The molecular weight excluding hydrogens is 305 g/mol. The molecule has 0 saturated carbocycles. The number of rotatable bonds is 2. The highest BCUT2D eigenvalue weighted by Gasteiger charge is 2.35. The molecule has 3 aromatic rings. The second kappa shape index (κ2) is 4.85. The highest BCUT2D eigenvalue weighted by Crippen LogP contribution is 2.27. The van der Waals surface area contributed by atoms with E-state index >= 15 is 0 Å². The zero-order valence-corrected chi connectivity index (χ0v) is 11.0. The molecule has 3 rings (SSSR count). The fraction of sp³-hybridized carbons (Fsp3) is 0.0833. The average molecular weight is 312 g/mol. The Morgan fingerprint density at radius 2 is 2.05 bits per heavy atom. The lowest BCUT2D eigenvalue weighted by Crippen LogP contribution is -2.12. The number of carbonyl (C=O) groups excluding carboxylic acids is 1. The lowest BCUT2D eigenvalue weighted by atomic mass is 10.2. The van der Waals surface area contributed by atoms with Crippen LogP contribution in [-0.2, 0) is 6.18 Å². The number of carbonyl (C=O) groups is 1. The molecule has 1 amide bonds. The van der Waals surface area contributed by atoms with Gasteiger partial charge in [-0.2, -0.15) is 18.2 Å². The quantitative estimate of drug-likeness (QED) is 0.763. The van der Waals surface area contributed by atoms with Crippen molar-refractivity contribution in [3.05, 3.63) is 41.0 Å². The fourth-order valence-electron chi connectivity index (χ4n) is 1.70. The molecule has 0 aliphatic rings. The smallest absolute Gasteiger partial charge is 0.288 e. The Hall–Kier alpha value is -2.42. The first kappa shape index (κ1) is 13.6. The van der Waals surface area contributed by atoms with Crippen molar-refractivity contribution in [2.75, 3.05) is 5.32 Å². The molecule has 0 spiro atoms. The highest BCUT2D eigenvalue weighted by atomic mass is 32.1. The molecule has 0 saturated heterocycles. The first-order valence-corrected chi connectivity index (χ1v) is 6.54. The van der Waals surface area contributed by atoms with Gasteiger partial charge in [0.15, 0.2) is 0 Å². The number of alkyl halides is 3. The number of halogens is 3. The largest absolute Gasteiger partial charge is 0.451 e. The summed E-state index contributed by atoms with van der Waals surface area (Å²) in [6, 6.07) is 9.03. The molecule has 0 aliphatic carbocycles. The zero-order chi connectivity index (χ0) is 15.0. The third-order valence-electron chi connectivity index (χ3n) is 2.63. The molecule has 0 aliphatic heterocycles. The van der Waals surface area contributed by atoms with E-state index in [9.17, 15) is 18.0 Å². The van der Waals surface area contributed by atoms with Crippen molar-refractivity contribution in [2.24, 2.45) is 0 Å². The number of benzene rings is 1. The van der Waals surface area contributed by atoms with Gasteiger partial charge in [-0.25, -0.2) is 0 Å². The Labute approximate surface area is 119 Å². The molecule has 2 N–H and O–H groups in total. The maximum atomic E-state index is 12.4. The van der Waals surface area contributed by atoms with Crippen LogP contribution in [0.2, 0.25) is 0 Å². The van der Waals surface area contributed by atoms with Gasteiger partial charge in [-0.1, -0.05) is 18.2 Å². The Balaban J connectivity index is 1.81. The van der Waals surface area contributed by atoms with Gasteiger partial charge >= 0.3 is 6.18 Å². The van der Waals surface area contributed by atoms with Crippen LogP contribution >= 0.6 is 11.3 Å². The summed E-state index contributed by atoms with van der Waals surface area (Å²) in [4.78, 5) is 15.5. The van der Waals surface area contributed by atoms with Crippen molar-refractivity contribution in [1.29, 1.82) is 0 Å². The van der Waals surface area contributed by atoms with Crippen LogP contribution in [0.3, 0.4) is 0 Å². The normalized spacial score (nSPS) is 11.8. The summed E-state index contributed by atoms with van der Waals surface area (Å²) >= 11 is 1.24. The number of aromatic nitrogens is 3. The maximum absolute atomic E-state index is 12.4. The van der Waals surface area contributed by atoms with Gasteiger partial charge in [0.2, 0.25) is 11.8 Å². The third kappa shape index (κ3) is 2.72. The Morgan fingerprint density at radius 1 is 1.29 bits per heavy atom. The molecule has 5 nitrogen and oxygen atoms in total. The Morgan fingerprint density at radius 3 is 2.71 bits per heavy atom. The third-order valence-corrected chi connectivity index (χ3v) is 3.74. The van der Waals surface area contributed by atoms with Gasteiger partial charge in [0, 0.05) is 4.70 Å². The molecule has 2 aromatic heterocycles. The van der Waals surface area contributed by atoms with Crippen LogP contribution in [-0.4, -0.2) is 21.1 Å². The number of thiophene rings is 1. The molecule has 0 bridgehead atoms. The summed E-state index contributed by atoms with van der Waals surface area (Å²) in [5, 5.41) is 8.17. The van der Waals surface area contributed by atoms with Crippen LogP contribution in [0.25, 0.3) is 10.1 Å². The number of aromatic amines is 1. The van der Waals surface area contributed by atoms with Gasteiger partial charge < -0.3 is 0 Å². The number of H-pyrrole nitrogens is 1. The lowest BCUT2D eigenvalue weighted by molar-refractivity contribution is -0.144. The minimum atomic E-state index is -4.63. The second-order valence-corrected chi connectivity index (χ2v) is 5.19. The monoisotopic (exact) mass is 312 g/mol. The van der Waals surface area contributed by atoms with E-state index in [2.05, 4.69) is 15.4 Å². The molecule has 21 heavy (non-hydrogen) atoms. The van der Waals surface area contributed by atoms with Crippen molar-refractivity contribution in [3.8, 4) is 0 Å². The predicted molar refractivity (Wildman–Crippen MR) is 71.2 cm³/mol. The molecule has 9 heteroatoms. The SMILES string of the molecule is O=C(Nc1n[nH]c(C(F)(F)F)n1)c1cc2ccccc2s1. The maximum Gasteiger partial charge on any atom is 0.451 e. The van der Waals surface area contributed by atoms with Crippen LogP contribution in [0.15, 0.2) is 30.3 Å². The van der Waals surface area contributed by atoms with Crippen LogP contribution in [0.4, 0.5) is 19.1 Å². The van der Waals surface area contributed by atoms with Crippen molar-refractivity contribution in [3.63, 3.8) is 0 Å². The average Bonchev–Trinajstić information content (AvgIpc) is 3.03. The summed E-state index contributed by atoms with van der Waals surface area (Å²) in [6.07, 6.45) is -4.63. The molecule has 108 valence electrons. The number of nitrogens with one attached hydrogen (secondary N) is 2. The first-order valence-electron chi connectivity index (χ1n) is 5.73. The fourth-order valence-corrected chi connectivity index (χ4v) is 2.66. The Bertz CT molecular complexity index is 775. The summed E-state index contributed by atoms with van der Waals surface area (Å²) in [7, 11) is 0. The van der Waals surface area contributed by atoms with Crippen LogP contribution in [0.1, 0.15) is 15.5 Å². The summed E-state index contributed by atoms with van der Waals surface area (Å²) in [5.41, 5.74) is 0. The number of nitrogens with zero attached hydrogens (tertiary/aromatic N) is 2. The Kier molecular flexibility index (Phi) is 3.13. The predicted octanol–water partition coefficient (Wildman–Crippen LogP) is 3.29. The number of anilines is 1. The molecule has 0 atom stereocenters. The lowest BCUT2D eigenvalue weighted by Gasteiger charge is -1.99. The van der Waals surface area contributed by atoms with E-state index in [0.717, 1.165) is 10.1 Å². The number of amides is 1.